The third kappa shape index (κ3) is 7.31. The zero-order valence-corrected chi connectivity index (χ0v) is 34.1. The Morgan fingerprint density at radius 3 is 1.02 bits per heavy atom. The van der Waals surface area contributed by atoms with E-state index in [9.17, 15) is 0 Å². The summed E-state index contributed by atoms with van der Waals surface area (Å²) in [5.74, 6) is 1.94. The van der Waals surface area contributed by atoms with Crippen molar-refractivity contribution in [1.29, 1.82) is 0 Å². The Balaban J connectivity index is 1.02. The van der Waals surface area contributed by atoms with Crippen molar-refractivity contribution in [1.82, 2.24) is 15.0 Å². The molecule has 11 rings (SSSR count). The van der Waals surface area contributed by atoms with Gasteiger partial charge in [0.1, 0.15) is 0 Å². The van der Waals surface area contributed by atoms with Gasteiger partial charge in [0, 0.05) is 16.7 Å². The molecule has 292 valence electrons. The molecule has 1 heterocycles. The van der Waals surface area contributed by atoms with Crippen molar-refractivity contribution in [2.24, 2.45) is 0 Å². The quantitative estimate of drug-likeness (QED) is 0.168. The summed E-state index contributed by atoms with van der Waals surface area (Å²) in [4.78, 5) is 14.9. The average Bonchev–Trinajstić information content (AvgIpc) is 3.35. The Kier molecular flexibility index (Phi) is 9.68. The van der Waals surface area contributed by atoms with Crippen molar-refractivity contribution in [2.75, 3.05) is 0 Å². The van der Waals surface area contributed by atoms with Gasteiger partial charge in [0.15, 0.2) is 17.5 Å². The van der Waals surface area contributed by atoms with E-state index < -0.39 is 0 Å². The van der Waals surface area contributed by atoms with Crippen molar-refractivity contribution >= 4 is 0 Å². The highest BCUT2D eigenvalue weighted by Gasteiger charge is 2.20. The van der Waals surface area contributed by atoms with Crippen LogP contribution in [0.1, 0.15) is 22.3 Å². The van der Waals surface area contributed by atoms with Gasteiger partial charge in [-0.1, -0.05) is 200 Å². The summed E-state index contributed by atoms with van der Waals surface area (Å²) in [5.41, 5.74) is 20.3. The molecule has 1 aromatic heterocycles. The number of hydrogen-bond acceptors (Lipinski definition) is 3. The molecule has 1 aliphatic carbocycles. The number of aromatic nitrogens is 3. The van der Waals surface area contributed by atoms with Crippen LogP contribution in [-0.2, 0) is 12.8 Å². The number of nitrogens with zero attached hydrogens (tertiary/aromatic N) is 3. The molecule has 9 aromatic carbocycles. The van der Waals surface area contributed by atoms with Crippen molar-refractivity contribution < 1.29 is 0 Å². The van der Waals surface area contributed by atoms with Crippen LogP contribution in [0.25, 0.3) is 89.8 Å². The topological polar surface area (TPSA) is 38.7 Å². The fraction of sp³-hybridized carbons (Fsp3) is 0.0339. The summed E-state index contributed by atoms with van der Waals surface area (Å²) in [7, 11) is 0. The molecule has 0 N–H and O–H groups in total. The lowest BCUT2D eigenvalue weighted by molar-refractivity contribution is 1.07. The Morgan fingerprint density at radius 2 is 0.532 bits per heavy atom. The van der Waals surface area contributed by atoms with Gasteiger partial charge in [-0.3, -0.25) is 0 Å². The first kappa shape index (κ1) is 37.0. The van der Waals surface area contributed by atoms with E-state index in [4.69, 9.17) is 15.0 Å². The summed E-state index contributed by atoms with van der Waals surface area (Å²) in [5, 5.41) is 0. The molecule has 0 atom stereocenters. The minimum Gasteiger partial charge on any atom is -0.208 e. The van der Waals surface area contributed by atoms with Gasteiger partial charge < -0.3 is 0 Å². The van der Waals surface area contributed by atoms with Crippen LogP contribution < -0.4 is 0 Å². The van der Waals surface area contributed by atoms with Crippen LogP contribution in [0.5, 0.6) is 0 Å². The van der Waals surface area contributed by atoms with Gasteiger partial charge >= 0.3 is 0 Å². The first-order valence-corrected chi connectivity index (χ1v) is 21.3. The average molecular weight is 792 g/mol. The highest BCUT2D eigenvalue weighted by molar-refractivity contribution is 5.85. The minimum atomic E-state index is 0.641. The van der Waals surface area contributed by atoms with Crippen LogP contribution in [0.4, 0.5) is 0 Å². The van der Waals surface area contributed by atoms with Gasteiger partial charge in [-0.15, -0.1) is 0 Å². The molecule has 0 saturated heterocycles. The second-order valence-corrected chi connectivity index (χ2v) is 16.0. The van der Waals surface area contributed by atoms with Crippen LogP contribution in [0, 0.1) is 0 Å². The zero-order valence-electron chi connectivity index (χ0n) is 34.1. The van der Waals surface area contributed by atoms with E-state index >= 15 is 0 Å². The summed E-state index contributed by atoms with van der Waals surface area (Å²) in [6.45, 7) is 0. The first-order chi connectivity index (χ1) is 30.7. The fourth-order valence-electron chi connectivity index (χ4n) is 8.89. The molecular formula is C59H41N3. The maximum atomic E-state index is 5.02. The molecule has 0 radical (unpaired) electrons. The molecular weight excluding hydrogens is 751 g/mol. The molecule has 0 fully saturated rings. The number of hydrogen-bond donors (Lipinski definition) is 0. The van der Waals surface area contributed by atoms with Gasteiger partial charge in [-0.2, -0.15) is 0 Å². The summed E-state index contributed by atoms with van der Waals surface area (Å²) in [6, 6.07) is 80.4. The van der Waals surface area contributed by atoms with E-state index in [2.05, 4.69) is 164 Å². The lowest BCUT2D eigenvalue weighted by atomic mass is 9.82. The molecule has 10 aromatic rings. The second kappa shape index (κ2) is 16.2. The maximum Gasteiger partial charge on any atom is 0.164 e. The van der Waals surface area contributed by atoms with Gasteiger partial charge in [-0.25, -0.2) is 15.0 Å². The molecule has 0 saturated carbocycles. The largest absolute Gasteiger partial charge is 0.208 e. The van der Waals surface area contributed by atoms with Crippen molar-refractivity contribution in [3.05, 3.63) is 247 Å². The highest BCUT2D eigenvalue weighted by Crippen LogP contribution is 2.41. The molecule has 0 aliphatic heterocycles. The normalized spacial score (nSPS) is 11.7. The van der Waals surface area contributed by atoms with E-state index in [0.29, 0.717) is 17.5 Å². The molecule has 3 heteroatoms. The summed E-state index contributed by atoms with van der Waals surface area (Å²) in [6.07, 6.45) is 1.67. The van der Waals surface area contributed by atoms with Crippen LogP contribution in [-0.4, -0.2) is 15.0 Å². The third-order valence-electron chi connectivity index (χ3n) is 12.1. The minimum absolute atomic E-state index is 0.641. The van der Waals surface area contributed by atoms with Gasteiger partial charge in [0.25, 0.3) is 0 Å². The van der Waals surface area contributed by atoms with E-state index in [1.54, 1.807) is 0 Å². The second-order valence-electron chi connectivity index (χ2n) is 16.0. The lowest BCUT2D eigenvalue weighted by Gasteiger charge is -2.22. The molecule has 0 bridgehead atoms. The predicted octanol–water partition coefficient (Wildman–Crippen LogP) is 14.7. The summed E-state index contributed by atoms with van der Waals surface area (Å²) >= 11 is 0. The number of fused-ring (bicyclic) bond motifs is 6. The van der Waals surface area contributed by atoms with Crippen molar-refractivity contribution in [3.63, 3.8) is 0 Å². The molecule has 3 nitrogen and oxygen atoms in total. The molecule has 62 heavy (non-hydrogen) atoms. The Labute approximate surface area is 362 Å². The Bertz CT molecular complexity index is 3170. The van der Waals surface area contributed by atoms with Gasteiger partial charge in [-0.05, 0) is 115 Å². The molecule has 1 aliphatic rings. The van der Waals surface area contributed by atoms with Crippen LogP contribution in [0.15, 0.2) is 224 Å². The number of rotatable bonds is 6. The standard InChI is InChI=1S/C59H41N3/c1-4-16-40(17-5-1)46-30-32-50-36-48-22-10-12-28-53(48)54-29-13-11-23-49(54)37-51-33-31-47(39-56(51)55(50)38-46)44-25-14-24-43(34-44)45-26-15-27-52(35-45)59-61-57(41-18-6-2-7-19-41)60-58(62-59)42-20-8-3-9-21-42/h1-35,38-39H,36-37H2. The SMILES string of the molecule is c1ccc(-c2ccc3c(c2)-c2cc(-c4cccc(-c5cccc(-c6nc(-c7ccccc7)nc(-c7ccccc7)n6)c5)c4)ccc2Cc2ccccc2-c2ccccc2C3)cc1. The zero-order chi connectivity index (χ0) is 41.2. The predicted molar refractivity (Wildman–Crippen MR) is 255 cm³/mol. The molecule has 0 unspecified atom stereocenters. The van der Waals surface area contributed by atoms with E-state index in [1.807, 2.05) is 60.7 Å². The fourth-order valence-corrected chi connectivity index (χ4v) is 8.89. The van der Waals surface area contributed by atoms with E-state index in [0.717, 1.165) is 46.2 Å². The summed E-state index contributed by atoms with van der Waals surface area (Å²) < 4.78 is 0. The van der Waals surface area contributed by atoms with Crippen LogP contribution in [0.2, 0.25) is 0 Å². The van der Waals surface area contributed by atoms with Gasteiger partial charge in [0.2, 0.25) is 0 Å². The van der Waals surface area contributed by atoms with E-state index in [1.165, 1.54) is 61.2 Å². The third-order valence-corrected chi connectivity index (χ3v) is 12.1. The van der Waals surface area contributed by atoms with Crippen molar-refractivity contribution in [3.8, 4) is 89.8 Å². The van der Waals surface area contributed by atoms with E-state index in [-0.39, 0.29) is 0 Å². The Hall–Kier alpha value is -8.01. The maximum absolute atomic E-state index is 5.02. The van der Waals surface area contributed by atoms with Crippen LogP contribution in [0.3, 0.4) is 0 Å². The Morgan fingerprint density at radius 1 is 0.210 bits per heavy atom. The number of benzene rings is 9. The lowest BCUT2D eigenvalue weighted by Crippen LogP contribution is -2.03. The monoisotopic (exact) mass is 791 g/mol. The van der Waals surface area contributed by atoms with Gasteiger partial charge in [0.05, 0.1) is 0 Å². The molecule has 0 amide bonds. The highest BCUT2D eigenvalue weighted by atomic mass is 15.0. The smallest absolute Gasteiger partial charge is 0.164 e. The molecule has 0 spiro atoms. The first-order valence-electron chi connectivity index (χ1n) is 21.3. The van der Waals surface area contributed by atoms with Crippen LogP contribution >= 0.6 is 0 Å². The van der Waals surface area contributed by atoms with Crippen molar-refractivity contribution in [2.45, 2.75) is 12.8 Å².